The van der Waals surface area contributed by atoms with E-state index in [1.807, 2.05) is 0 Å². The van der Waals surface area contributed by atoms with Crippen LogP contribution in [0.3, 0.4) is 0 Å². The average molecular weight is 404 g/mol. The van der Waals surface area contributed by atoms with Gasteiger partial charge in [0.25, 0.3) is 5.91 Å². The quantitative estimate of drug-likeness (QED) is 0.719. The molecule has 150 valence electrons. The molecule has 1 aliphatic rings. The minimum absolute atomic E-state index is 0.0417. The molecule has 2 aromatic rings. The molecule has 1 aromatic carbocycles. The number of morpholine rings is 1. The Bertz CT molecular complexity index is 778. The molecule has 0 atom stereocenters. The molecule has 0 unspecified atom stereocenters. The van der Waals surface area contributed by atoms with Crippen LogP contribution in [0, 0.1) is 0 Å². The van der Waals surface area contributed by atoms with Crippen LogP contribution in [-0.2, 0) is 9.53 Å². The van der Waals surface area contributed by atoms with E-state index in [-0.39, 0.29) is 18.4 Å². The smallest absolute Gasteiger partial charge is 0.254 e. The molecule has 0 radical (unpaired) electrons. The van der Waals surface area contributed by atoms with Crippen LogP contribution in [0.25, 0.3) is 0 Å². The van der Waals surface area contributed by atoms with E-state index in [4.69, 9.17) is 9.47 Å². The van der Waals surface area contributed by atoms with E-state index < -0.39 is 0 Å². The molecule has 1 fully saturated rings. The van der Waals surface area contributed by atoms with Crippen LogP contribution in [0.5, 0.6) is 5.75 Å². The molecular weight excluding hydrogens is 380 g/mol. The van der Waals surface area contributed by atoms with Gasteiger partial charge in [-0.25, -0.2) is 4.98 Å². The lowest BCUT2D eigenvalue weighted by Crippen LogP contribution is -2.45. The minimum atomic E-state index is -0.270. The van der Waals surface area contributed by atoms with Gasteiger partial charge in [-0.3, -0.25) is 14.5 Å². The Labute approximate surface area is 168 Å². The van der Waals surface area contributed by atoms with E-state index in [9.17, 15) is 9.59 Å². The zero-order chi connectivity index (χ0) is 19.8. The Morgan fingerprint density at radius 2 is 2.18 bits per heavy atom. The highest BCUT2D eigenvalue weighted by atomic mass is 32.1. The van der Waals surface area contributed by atoms with E-state index in [1.165, 1.54) is 11.3 Å². The molecule has 1 aromatic heterocycles. The SMILES string of the molecule is COc1cccc(C(=O)N(CCN2CCOCC2)CC(=O)Nc2nccs2)c1. The first-order valence-corrected chi connectivity index (χ1v) is 9.96. The van der Waals surface area contributed by atoms with Gasteiger partial charge in [0.1, 0.15) is 12.3 Å². The second-order valence-electron chi connectivity index (χ2n) is 6.30. The molecule has 1 aliphatic heterocycles. The van der Waals surface area contributed by atoms with E-state index >= 15 is 0 Å². The second-order valence-corrected chi connectivity index (χ2v) is 7.19. The van der Waals surface area contributed by atoms with Crippen molar-refractivity contribution in [3.63, 3.8) is 0 Å². The molecule has 1 N–H and O–H groups in total. The van der Waals surface area contributed by atoms with Crippen molar-refractivity contribution < 1.29 is 19.1 Å². The third-order valence-electron chi connectivity index (χ3n) is 4.41. The summed E-state index contributed by atoms with van der Waals surface area (Å²) in [5, 5.41) is 5.04. The first-order valence-electron chi connectivity index (χ1n) is 9.08. The highest BCUT2D eigenvalue weighted by Crippen LogP contribution is 2.15. The summed E-state index contributed by atoms with van der Waals surface area (Å²) in [5.41, 5.74) is 0.489. The third-order valence-corrected chi connectivity index (χ3v) is 5.10. The topological polar surface area (TPSA) is 84.0 Å². The molecule has 2 amide bonds. The fraction of sp³-hybridized carbons (Fsp3) is 0.421. The molecule has 2 heterocycles. The Hall–Kier alpha value is -2.49. The molecule has 28 heavy (non-hydrogen) atoms. The van der Waals surface area contributed by atoms with E-state index in [0.717, 1.165) is 13.1 Å². The van der Waals surface area contributed by atoms with Gasteiger partial charge >= 0.3 is 0 Å². The Morgan fingerprint density at radius 3 is 2.89 bits per heavy atom. The van der Waals surface area contributed by atoms with Crippen molar-refractivity contribution in [1.82, 2.24) is 14.8 Å². The van der Waals surface area contributed by atoms with E-state index in [2.05, 4.69) is 15.2 Å². The summed E-state index contributed by atoms with van der Waals surface area (Å²) >= 11 is 1.34. The van der Waals surface area contributed by atoms with Crippen LogP contribution in [0.1, 0.15) is 10.4 Å². The van der Waals surface area contributed by atoms with Crippen molar-refractivity contribution in [2.75, 3.05) is 58.4 Å². The molecule has 1 saturated heterocycles. The highest BCUT2D eigenvalue weighted by Gasteiger charge is 2.21. The van der Waals surface area contributed by atoms with Gasteiger partial charge in [-0.2, -0.15) is 0 Å². The molecule has 0 bridgehead atoms. The first kappa shape index (κ1) is 20.2. The molecule has 3 rings (SSSR count). The average Bonchev–Trinajstić information content (AvgIpc) is 3.24. The number of anilines is 1. The molecular formula is C19H24N4O4S. The predicted octanol–water partition coefficient (Wildman–Crippen LogP) is 1.56. The summed E-state index contributed by atoms with van der Waals surface area (Å²) in [7, 11) is 1.56. The number of carbonyl (C=O) groups excluding carboxylic acids is 2. The zero-order valence-corrected chi connectivity index (χ0v) is 16.6. The minimum Gasteiger partial charge on any atom is -0.497 e. The number of methoxy groups -OCH3 is 1. The Morgan fingerprint density at radius 1 is 1.36 bits per heavy atom. The molecule has 0 aliphatic carbocycles. The van der Waals surface area contributed by atoms with Crippen molar-refractivity contribution in [3.8, 4) is 5.75 Å². The maximum Gasteiger partial charge on any atom is 0.254 e. The lowest BCUT2D eigenvalue weighted by molar-refractivity contribution is -0.117. The number of carbonyl (C=O) groups is 2. The van der Waals surface area contributed by atoms with Crippen molar-refractivity contribution in [2.24, 2.45) is 0 Å². The molecule has 9 heteroatoms. The van der Waals surface area contributed by atoms with Gasteiger partial charge in [0.15, 0.2) is 5.13 Å². The number of ether oxygens (including phenoxy) is 2. The zero-order valence-electron chi connectivity index (χ0n) is 15.8. The number of thiazole rings is 1. The number of hydrogen-bond acceptors (Lipinski definition) is 7. The van der Waals surface area contributed by atoms with Gasteiger partial charge in [0, 0.05) is 43.3 Å². The highest BCUT2D eigenvalue weighted by molar-refractivity contribution is 7.13. The van der Waals surface area contributed by atoms with Crippen LogP contribution in [0.4, 0.5) is 5.13 Å². The number of benzene rings is 1. The predicted molar refractivity (Wildman–Crippen MR) is 107 cm³/mol. The summed E-state index contributed by atoms with van der Waals surface area (Å²) in [4.78, 5) is 33.3. The van der Waals surface area contributed by atoms with Gasteiger partial charge in [-0.05, 0) is 18.2 Å². The van der Waals surface area contributed by atoms with Gasteiger partial charge in [-0.15, -0.1) is 11.3 Å². The summed E-state index contributed by atoms with van der Waals surface area (Å²) in [6, 6.07) is 6.96. The molecule has 0 spiro atoms. The van der Waals surface area contributed by atoms with Crippen molar-refractivity contribution in [3.05, 3.63) is 41.4 Å². The van der Waals surface area contributed by atoms with Gasteiger partial charge in [-0.1, -0.05) is 6.07 Å². The summed E-state index contributed by atoms with van der Waals surface area (Å²) in [6.45, 7) is 4.12. The van der Waals surface area contributed by atoms with Gasteiger partial charge < -0.3 is 19.7 Å². The first-order chi connectivity index (χ1) is 13.7. The van der Waals surface area contributed by atoms with E-state index in [1.54, 1.807) is 47.9 Å². The van der Waals surface area contributed by atoms with Crippen LogP contribution < -0.4 is 10.1 Å². The number of aromatic nitrogens is 1. The Kier molecular flexibility index (Phi) is 7.35. The third kappa shape index (κ3) is 5.75. The Balaban J connectivity index is 1.68. The lowest BCUT2D eigenvalue weighted by atomic mass is 10.2. The van der Waals surface area contributed by atoms with Gasteiger partial charge in [0.05, 0.1) is 20.3 Å². The largest absolute Gasteiger partial charge is 0.497 e. The number of nitrogens with one attached hydrogen (secondary N) is 1. The van der Waals surface area contributed by atoms with Crippen molar-refractivity contribution >= 4 is 28.3 Å². The van der Waals surface area contributed by atoms with Crippen LogP contribution in [0.2, 0.25) is 0 Å². The maximum absolute atomic E-state index is 13.1. The van der Waals surface area contributed by atoms with Crippen LogP contribution in [-0.4, -0.2) is 79.6 Å². The normalized spacial score (nSPS) is 14.5. The van der Waals surface area contributed by atoms with Crippen LogP contribution in [0.15, 0.2) is 35.8 Å². The standard InChI is InChI=1S/C19H24N4O4S/c1-26-16-4-2-3-15(13-16)18(25)23(7-6-22-8-10-27-11-9-22)14-17(24)21-19-20-5-12-28-19/h2-5,12-13H,6-11,14H2,1H3,(H,20,21,24). The second kappa shape index (κ2) is 10.2. The maximum atomic E-state index is 13.1. The number of hydrogen-bond donors (Lipinski definition) is 1. The number of amides is 2. The summed E-state index contributed by atoms with van der Waals surface area (Å²) in [6.07, 6.45) is 1.62. The monoisotopic (exact) mass is 404 g/mol. The van der Waals surface area contributed by atoms with Gasteiger partial charge in [0.2, 0.25) is 5.91 Å². The molecule has 0 saturated carbocycles. The van der Waals surface area contributed by atoms with Crippen molar-refractivity contribution in [2.45, 2.75) is 0 Å². The number of nitrogens with zero attached hydrogens (tertiary/aromatic N) is 3. The van der Waals surface area contributed by atoms with Crippen molar-refractivity contribution in [1.29, 1.82) is 0 Å². The lowest BCUT2D eigenvalue weighted by Gasteiger charge is -2.30. The summed E-state index contributed by atoms with van der Waals surface area (Å²) in [5.74, 6) is 0.126. The molecule has 8 nitrogen and oxygen atoms in total. The van der Waals surface area contributed by atoms with E-state index in [0.29, 0.717) is 42.7 Å². The fourth-order valence-electron chi connectivity index (χ4n) is 2.90. The number of rotatable bonds is 8. The summed E-state index contributed by atoms with van der Waals surface area (Å²) < 4.78 is 10.6. The fourth-order valence-corrected chi connectivity index (χ4v) is 3.44. The van der Waals surface area contributed by atoms with Crippen LogP contribution >= 0.6 is 11.3 Å².